The minimum atomic E-state index is -0.158. The Balaban J connectivity index is 0.000000114. The lowest BCUT2D eigenvalue weighted by atomic mass is 10.0. The highest BCUT2D eigenvalue weighted by molar-refractivity contribution is 7.18. The van der Waals surface area contributed by atoms with Gasteiger partial charge in [0.25, 0.3) is 35.4 Å². The Labute approximate surface area is 724 Å². The Kier molecular flexibility index (Phi) is 23.0. The molecule has 125 heavy (non-hydrogen) atoms. The van der Waals surface area contributed by atoms with Crippen LogP contribution >= 0.6 is 11.3 Å². The number of benzene rings is 4. The largest absolute Gasteiger partial charge is 0.349 e. The number of nitrogens with one attached hydrogen (secondary N) is 5. The standard InChI is InChI=1S/C27H29N7O2.C27H28N6O2.C21H19N5O.C19H19N5O2S/c1-18-3-4-19(26(35)30-22-6-7-22)13-23(18)21-14-29-34(17-21)25-15-28-24-8-5-20(16-33(24)25)27(36)32-11-9-31(2)10-12-32;1-18-5-6-19(26(34)30-22-8-9-22)13-23(18)21-14-29-33(17-21)25-15-28-24-10-7-20(16-32(24)25)27(35)31-11-3-2-4-12-31;1-14-5-6-15(21(27)24-17-7-8-17)10-18(14)16-11-23-26(13-16)20-12-22-19-4-2-3-9-25(19)20;1-11-3-4-13(18(26)23-15-5-6-15)7-16(11)14-8-21-24(10-14)17-9-20-19(27-17)22-12(2)25/h3-5,8,13-17,22H,6-7,9-12H2,1-2H3,(H,30,35);5-7,10,13-17,22H,2-4,8-9,11-12H2,1H3,(H,30,34);2-6,9-13,17H,7-8H2,1H3,(H,24,27);3-4,7-10,15H,5-6H2,1-2H3,(H,23,26)(H,20,22,25). The molecule has 5 N–H and O–H groups in total. The number of fused-ring (bicyclic) bond motifs is 3. The number of hydrogen-bond donors (Lipinski definition) is 5. The van der Waals surface area contributed by atoms with Crippen LogP contribution in [0.4, 0.5) is 5.13 Å². The SMILES string of the molecule is CC(=O)Nc1ncc(-n2cc(-c3cc(C(=O)NC4CC4)ccc3C)cn2)s1.Cc1ccc(C(=O)NC2CC2)cc1-c1cnn(-c2cnc3ccc(C(=O)N4CCCCC4)cn23)c1.Cc1ccc(C(=O)NC2CC2)cc1-c1cnn(-c2cnc3ccc(C(=O)N4CCN(C)CC4)cn23)c1.Cc1ccc(C(=O)NC2CC2)cc1-c1cnn(-c2cnc3ccccn23)c1. The fourth-order valence-electron chi connectivity index (χ4n) is 15.3. The smallest absolute Gasteiger partial charge is 0.255 e. The lowest BCUT2D eigenvalue weighted by Gasteiger charge is -2.32. The number of aryl methyl sites for hydroxylation is 4. The van der Waals surface area contributed by atoms with Crippen molar-refractivity contribution in [2.45, 2.75) is 129 Å². The van der Waals surface area contributed by atoms with Crippen molar-refractivity contribution in [3.63, 3.8) is 0 Å². The molecular weight excluding hydrogens is 1600 g/mol. The van der Waals surface area contributed by atoms with Crippen molar-refractivity contribution in [2.75, 3.05) is 51.6 Å². The Morgan fingerprint density at radius 1 is 0.360 bits per heavy atom. The first-order valence-corrected chi connectivity index (χ1v) is 43.3. The first-order chi connectivity index (χ1) is 60.7. The molecular formula is C94H95N23O7S. The molecule has 4 saturated carbocycles. The third-order valence-corrected chi connectivity index (χ3v) is 24.1. The number of nitrogens with zero attached hydrogens (tertiary/aromatic N) is 18. The highest BCUT2D eigenvalue weighted by Crippen LogP contribution is 2.34. The molecule has 4 aliphatic carbocycles. The van der Waals surface area contributed by atoms with Gasteiger partial charge in [0, 0.05) is 158 Å². The summed E-state index contributed by atoms with van der Waals surface area (Å²) in [4.78, 5) is 111. The minimum Gasteiger partial charge on any atom is -0.349 e. The number of likely N-dealkylation sites (tertiary alicyclic amines) is 1. The number of carbonyl (C=O) groups is 7. The van der Waals surface area contributed by atoms with Crippen LogP contribution in [-0.2, 0) is 4.79 Å². The van der Waals surface area contributed by atoms with Crippen LogP contribution in [0.3, 0.4) is 0 Å². The van der Waals surface area contributed by atoms with Crippen LogP contribution in [-0.4, -0.2) is 199 Å². The van der Waals surface area contributed by atoms with Gasteiger partial charge in [-0.05, 0) is 235 Å². The number of imidazole rings is 3. The number of rotatable bonds is 19. The van der Waals surface area contributed by atoms with E-state index >= 15 is 0 Å². The summed E-state index contributed by atoms with van der Waals surface area (Å²) in [5, 5.41) is 34.2. The van der Waals surface area contributed by atoms with Gasteiger partial charge in [-0.1, -0.05) is 41.7 Å². The quantitative estimate of drug-likeness (QED) is 0.0502. The van der Waals surface area contributed by atoms with Crippen molar-refractivity contribution in [1.82, 2.24) is 108 Å². The van der Waals surface area contributed by atoms with Crippen LogP contribution < -0.4 is 26.6 Å². The van der Waals surface area contributed by atoms with Crippen molar-refractivity contribution in [3.05, 3.63) is 264 Å². The third kappa shape index (κ3) is 18.7. The van der Waals surface area contributed by atoms with E-state index in [1.165, 1.54) is 24.7 Å². The number of hydrogen-bond acceptors (Lipinski definition) is 17. The van der Waals surface area contributed by atoms with Crippen molar-refractivity contribution in [2.24, 2.45) is 0 Å². The predicted molar refractivity (Wildman–Crippen MR) is 476 cm³/mol. The summed E-state index contributed by atoms with van der Waals surface area (Å²) in [7, 11) is 2.07. The highest BCUT2D eigenvalue weighted by Gasteiger charge is 2.30. The van der Waals surface area contributed by atoms with Gasteiger partial charge in [-0.15, -0.1) is 0 Å². The number of thiazole rings is 1. The van der Waals surface area contributed by atoms with E-state index < -0.39 is 0 Å². The summed E-state index contributed by atoms with van der Waals surface area (Å²) in [5.74, 6) is 2.18. The number of amides is 7. The van der Waals surface area contributed by atoms with Gasteiger partial charge >= 0.3 is 0 Å². The van der Waals surface area contributed by atoms with Gasteiger partial charge in [-0.25, -0.2) is 38.7 Å². The normalized spacial score (nSPS) is 15.1. The highest BCUT2D eigenvalue weighted by atomic mass is 32.1. The summed E-state index contributed by atoms with van der Waals surface area (Å²) in [5.41, 5.74) is 18.2. The van der Waals surface area contributed by atoms with E-state index in [1.54, 1.807) is 57.4 Å². The maximum Gasteiger partial charge on any atom is 0.255 e. The predicted octanol–water partition coefficient (Wildman–Crippen LogP) is 13.3. The fraction of sp³-hybridized carbons (Fsp3) is 0.287. The van der Waals surface area contributed by atoms with Gasteiger partial charge in [0.05, 0.1) is 60.7 Å². The van der Waals surface area contributed by atoms with Gasteiger partial charge in [0.1, 0.15) is 21.9 Å². The molecule has 31 heteroatoms. The van der Waals surface area contributed by atoms with E-state index in [4.69, 9.17) is 0 Å². The van der Waals surface area contributed by atoms with Crippen LogP contribution in [0.5, 0.6) is 0 Å². The number of piperidine rings is 1. The van der Waals surface area contributed by atoms with E-state index in [1.807, 2.05) is 220 Å². The molecule has 0 atom stereocenters. The Morgan fingerprint density at radius 3 is 1.10 bits per heavy atom. The van der Waals surface area contributed by atoms with Crippen LogP contribution in [0, 0.1) is 27.7 Å². The van der Waals surface area contributed by atoms with Crippen molar-refractivity contribution in [1.29, 1.82) is 0 Å². The maximum absolute atomic E-state index is 13.1. The first-order valence-electron chi connectivity index (χ1n) is 42.5. The topological polar surface area (TPSA) is 325 Å². The Bertz CT molecular complexity index is 6620. The number of anilines is 1. The number of carbonyl (C=O) groups excluding carboxylic acids is 7. The second kappa shape index (κ2) is 35.3. The molecule has 7 amide bonds. The molecule has 13 heterocycles. The van der Waals surface area contributed by atoms with Gasteiger partial charge in [-0.3, -0.25) is 46.8 Å². The summed E-state index contributed by atoms with van der Waals surface area (Å²) >= 11 is 1.34. The lowest BCUT2D eigenvalue weighted by molar-refractivity contribution is -0.114. The fourth-order valence-corrected chi connectivity index (χ4v) is 16.1. The van der Waals surface area contributed by atoms with Gasteiger partial charge in [0.15, 0.2) is 22.6 Å². The molecule has 0 bridgehead atoms. The van der Waals surface area contributed by atoms with Gasteiger partial charge in [-0.2, -0.15) is 20.4 Å². The van der Waals surface area contributed by atoms with E-state index in [0.29, 0.717) is 62.7 Å². The van der Waals surface area contributed by atoms with Crippen molar-refractivity contribution >= 4 is 74.8 Å². The molecule has 0 unspecified atom stereocenters. The first kappa shape index (κ1) is 81.7. The van der Waals surface area contributed by atoms with Crippen LogP contribution in [0.25, 0.3) is 83.9 Å². The molecule has 21 rings (SSSR count). The molecule has 2 saturated heterocycles. The van der Waals surface area contributed by atoms with E-state index in [2.05, 4.69) is 78.9 Å². The number of likely N-dealkylation sites (N-methyl/N-ethyl adjacent to an activating group) is 1. The zero-order valence-electron chi connectivity index (χ0n) is 70.3. The second-order valence-corrected chi connectivity index (χ2v) is 34.0. The summed E-state index contributed by atoms with van der Waals surface area (Å²) < 4.78 is 12.8. The molecule has 6 fully saturated rings. The van der Waals surface area contributed by atoms with E-state index in [0.717, 1.165) is 210 Å². The average Bonchev–Trinajstić information content (AvgIpc) is 1.64. The number of aromatic nitrogens is 15. The minimum absolute atomic E-state index is 0.00655. The van der Waals surface area contributed by atoms with E-state index in [-0.39, 0.29) is 41.4 Å². The molecule has 15 aromatic rings. The number of pyridine rings is 3. The molecule has 0 spiro atoms. The summed E-state index contributed by atoms with van der Waals surface area (Å²) in [6.45, 7) is 14.4. The van der Waals surface area contributed by atoms with Crippen LogP contribution in [0.15, 0.2) is 208 Å². The second-order valence-electron chi connectivity index (χ2n) is 33.0. The summed E-state index contributed by atoms with van der Waals surface area (Å²) in [6.07, 6.45) is 39.4. The van der Waals surface area contributed by atoms with E-state index in [9.17, 15) is 33.6 Å². The molecule has 0 radical (unpaired) electrons. The molecule has 2 aliphatic heterocycles. The Hall–Kier alpha value is -14.3. The molecule has 634 valence electrons. The zero-order valence-corrected chi connectivity index (χ0v) is 71.1. The summed E-state index contributed by atoms with van der Waals surface area (Å²) in [6, 6.07) is 37.7. The third-order valence-electron chi connectivity index (χ3n) is 23.2. The molecule has 30 nitrogen and oxygen atoms in total. The van der Waals surface area contributed by atoms with Gasteiger partial charge in [0.2, 0.25) is 5.91 Å². The van der Waals surface area contributed by atoms with Gasteiger partial charge < -0.3 is 41.3 Å². The van der Waals surface area contributed by atoms with Crippen molar-refractivity contribution < 1.29 is 33.6 Å². The molecule has 6 aliphatic rings. The molecule has 11 aromatic heterocycles. The monoisotopic (exact) mass is 1690 g/mol. The van der Waals surface area contributed by atoms with Crippen LogP contribution in [0.1, 0.15) is 162 Å². The molecule has 4 aromatic carbocycles. The number of piperazine rings is 1. The lowest BCUT2D eigenvalue weighted by Crippen LogP contribution is -2.47. The Morgan fingerprint density at radius 2 is 0.712 bits per heavy atom. The zero-order chi connectivity index (χ0) is 86.1. The van der Waals surface area contributed by atoms with Crippen molar-refractivity contribution in [3.8, 4) is 67.0 Å². The average molecular weight is 1690 g/mol. The van der Waals surface area contributed by atoms with Crippen LogP contribution in [0.2, 0.25) is 0 Å². The maximum atomic E-state index is 13.1.